The van der Waals surface area contributed by atoms with Gasteiger partial charge in [-0.05, 0) is 69.7 Å². The molecule has 3 aromatic rings. The second kappa shape index (κ2) is 7.87. The maximum atomic E-state index is 13.2. The average molecular weight is 395 g/mol. The van der Waals surface area contributed by atoms with Crippen LogP contribution in [0.3, 0.4) is 0 Å². The fourth-order valence-electron chi connectivity index (χ4n) is 2.99. The fraction of sp³-hybridized carbons (Fsp3) is 0.227. The van der Waals surface area contributed by atoms with Crippen molar-refractivity contribution in [1.82, 2.24) is 9.83 Å². The molecule has 0 bridgehead atoms. The van der Waals surface area contributed by atoms with Gasteiger partial charge in [0.1, 0.15) is 11.4 Å². The summed E-state index contributed by atoms with van der Waals surface area (Å²) in [5, 5.41) is 3.97. The Kier molecular flexibility index (Phi) is 5.50. The molecule has 0 unspecified atom stereocenters. The van der Waals surface area contributed by atoms with E-state index in [1.807, 2.05) is 18.2 Å². The molecule has 0 aliphatic rings. The predicted molar refractivity (Wildman–Crippen MR) is 109 cm³/mol. The number of carbonyl (C=O) groups is 2. The van der Waals surface area contributed by atoms with Crippen LogP contribution in [-0.4, -0.2) is 28.1 Å². The van der Waals surface area contributed by atoms with Crippen LogP contribution in [0, 0.1) is 12.7 Å². The normalized spacial score (nSPS) is 11.8. The number of halogens is 1. The van der Waals surface area contributed by atoms with Crippen molar-refractivity contribution in [1.29, 1.82) is 0 Å². The minimum absolute atomic E-state index is 0.233. The lowest BCUT2D eigenvalue weighted by atomic mass is 10.0. The molecule has 29 heavy (non-hydrogen) atoms. The summed E-state index contributed by atoms with van der Waals surface area (Å²) in [5.41, 5.74) is 4.67. The number of hydrogen-bond acceptors (Lipinski definition) is 4. The Morgan fingerprint density at radius 1 is 1.14 bits per heavy atom. The molecular weight excluding hydrogens is 373 g/mol. The average Bonchev–Trinajstić information content (AvgIpc) is 2.92. The molecule has 0 aliphatic heterocycles. The van der Waals surface area contributed by atoms with Gasteiger partial charge < -0.3 is 9.14 Å². The number of carbonyl (C=O) groups excluding carboxylic acids is 2. The molecule has 7 heteroatoms. The van der Waals surface area contributed by atoms with Crippen molar-refractivity contribution in [2.45, 2.75) is 33.3 Å². The molecule has 0 saturated carbocycles. The number of fused-ring (bicyclic) bond motifs is 1. The second-order valence-corrected chi connectivity index (χ2v) is 7.55. The monoisotopic (exact) mass is 395 g/mol. The standard InChI is InChI=1S/C22H22FN3O3/c1-14-17(13-24-25-21(28)29-22(2,3)4)18-7-5-6-12-26(18)19(14)20(27)15-8-10-16(23)11-9-15/h5-13H,1-4H3,(H,25,28)/b24-13-. The first-order valence-electron chi connectivity index (χ1n) is 9.09. The van der Waals surface area contributed by atoms with E-state index >= 15 is 0 Å². The number of ketones is 1. The van der Waals surface area contributed by atoms with Crippen LogP contribution in [0.4, 0.5) is 9.18 Å². The molecule has 150 valence electrons. The number of nitrogens with zero attached hydrogens (tertiary/aromatic N) is 2. The van der Waals surface area contributed by atoms with Gasteiger partial charge in [0, 0.05) is 17.3 Å². The van der Waals surface area contributed by atoms with E-state index in [4.69, 9.17) is 4.74 Å². The molecule has 1 aromatic carbocycles. The van der Waals surface area contributed by atoms with Gasteiger partial charge in [0.05, 0.1) is 17.4 Å². The van der Waals surface area contributed by atoms with Crippen molar-refractivity contribution in [3.05, 3.63) is 76.9 Å². The summed E-state index contributed by atoms with van der Waals surface area (Å²) >= 11 is 0. The Balaban J connectivity index is 1.96. The fourth-order valence-corrected chi connectivity index (χ4v) is 2.99. The van der Waals surface area contributed by atoms with Gasteiger partial charge in [-0.25, -0.2) is 14.6 Å². The van der Waals surface area contributed by atoms with Crippen molar-refractivity contribution in [3.63, 3.8) is 0 Å². The summed E-state index contributed by atoms with van der Waals surface area (Å²) in [4.78, 5) is 24.9. The summed E-state index contributed by atoms with van der Waals surface area (Å²) in [7, 11) is 0. The zero-order valence-electron chi connectivity index (χ0n) is 16.7. The third-order valence-electron chi connectivity index (χ3n) is 4.21. The van der Waals surface area contributed by atoms with Crippen molar-refractivity contribution in [2.24, 2.45) is 5.10 Å². The molecule has 3 rings (SSSR count). The molecule has 2 aromatic heterocycles. The van der Waals surface area contributed by atoms with Gasteiger partial charge in [0.2, 0.25) is 5.78 Å². The first-order chi connectivity index (χ1) is 13.7. The number of amides is 1. The zero-order chi connectivity index (χ0) is 21.2. The highest BCUT2D eigenvalue weighted by Crippen LogP contribution is 2.24. The molecule has 1 N–H and O–H groups in total. The lowest BCUT2D eigenvalue weighted by Gasteiger charge is -2.18. The van der Waals surface area contributed by atoms with Crippen LogP contribution in [0.5, 0.6) is 0 Å². The maximum absolute atomic E-state index is 13.2. The van der Waals surface area contributed by atoms with Crippen LogP contribution < -0.4 is 5.43 Å². The smallest absolute Gasteiger partial charge is 0.428 e. The first kappa shape index (κ1) is 20.3. The van der Waals surface area contributed by atoms with Crippen LogP contribution in [0.25, 0.3) is 5.52 Å². The van der Waals surface area contributed by atoms with E-state index in [1.165, 1.54) is 30.5 Å². The highest BCUT2D eigenvalue weighted by Gasteiger charge is 2.21. The van der Waals surface area contributed by atoms with E-state index in [-0.39, 0.29) is 5.78 Å². The summed E-state index contributed by atoms with van der Waals surface area (Å²) < 4.78 is 20.1. The minimum Gasteiger partial charge on any atom is -0.443 e. The Labute approximate surface area is 168 Å². The summed E-state index contributed by atoms with van der Waals surface area (Å²) in [5.74, 6) is -0.636. The van der Waals surface area contributed by atoms with E-state index in [0.29, 0.717) is 22.4 Å². The lowest BCUT2D eigenvalue weighted by molar-refractivity contribution is 0.0529. The van der Waals surface area contributed by atoms with Crippen LogP contribution in [0.1, 0.15) is 48.0 Å². The Bertz CT molecular complexity index is 1090. The molecule has 0 fully saturated rings. The number of benzene rings is 1. The number of nitrogens with one attached hydrogen (secondary N) is 1. The molecule has 0 atom stereocenters. The van der Waals surface area contributed by atoms with Gasteiger partial charge in [0.25, 0.3) is 0 Å². The van der Waals surface area contributed by atoms with E-state index < -0.39 is 17.5 Å². The van der Waals surface area contributed by atoms with Crippen LogP contribution in [-0.2, 0) is 4.74 Å². The second-order valence-electron chi connectivity index (χ2n) is 7.55. The van der Waals surface area contributed by atoms with Gasteiger partial charge in [-0.2, -0.15) is 5.10 Å². The van der Waals surface area contributed by atoms with Crippen molar-refractivity contribution in [3.8, 4) is 0 Å². The largest absolute Gasteiger partial charge is 0.443 e. The lowest BCUT2D eigenvalue weighted by Crippen LogP contribution is -2.29. The van der Waals surface area contributed by atoms with Crippen LogP contribution in [0.15, 0.2) is 53.8 Å². The minimum atomic E-state index is -0.669. The Hall–Kier alpha value is -3.48. The number of ether oxygens (including phenoxy) is 1. The third kappa shape index (κ3) is 4.51. The summed E-state index contributed by atoms with van der Waals surface area (Å²) in [6, 6.07) is 10.9. The Morgan fingerprint density at radius 3 is 2.48 bits per heavy atom. The van der Waals surface area contributed by atoms with Gasteiger partial charge in [-0.1, -0.05) is 6.07 Å². The molecule has 0 aliphatic carbocycles. The van der Waals surface area contributed by atoms with Crippen LogP contribution >= 0.6 is 0 Å². The Morgan fingerprint density at radius 2 is 1.83 bits per heavy atom. The quantitative estimate of drug-likeness (QED) is 0.402. The van der Waals surface area contributed by atoms with Gasteiger partial charge >= 0.3 is 6.09 Å². The highest BCUT2D eigenvalue weighted by atomic mass is 19.1. The molecule has 6 nitrogen and oxygen atoms in total. The maximum Gasteiger partial charge on any atom is 0.428 e. The number of aromatic nitrogens is 1. The van der Waals surface area contributed by atoms with E-state index in [0.717, 1.165) is 5.52 Å². The highest BCUT2D eigenvalue weighted by molar-refractivity contribution is 6.11. The molecule has 0 saturated heterocycles. The van der Waals surface area contributed by atoms with Crippen molar-refractivity contribution in [2.75, 3.05) is 0 Å². The molecule has 0 radical (unpaired) electrons. The predicted octanol–water partition coefficient (Wildman–Crippen LogP) is 4.48. The SMILES string of the molecule is Cc1c(/C=N\NC(=O)OC(C)(C)C)c2ccccn2c1C(=O)c1ccc(F)cc1. The van der Waals surface area contributed by atoms with Gasteiger partial charge in [0.15, 0.2) is 0 Å². The van der Waals surface area contributed by atoms with E-state index in [2.05, 4.69) is 10.5 Å². The number of hydrazone groups is 1. The summed E-state index contributed by atoms with van der Waals surface area (Å²) in [6.45, 7) is 7.08. The van der Waals surface area contributed by atoms with Crippen LogP contribution in [0.2, 0.25) is 0 Å². The van der Waals surface area contributed by atoms with Gasteiger partial charge in [-0.15, -0.1) is 0 Å². The number of pyridine rings is 1. The summed E-state index contributed by atoms with van der Waals surface area (Å²) in [6.07, 6.45) is 2.59. The molecular formula is C22H22FN3O3. The molecule has 2 heterocycles. The van der Waals surface area contributed by atoms with Gasteiger partial charge in [-0.3, -0.25) is 4.79 Å². The molecule has 1 amide bonds. The van der Waals surface area contributed by atoms with Crippen molar-refractivity contribution < 1.29 is 18.7 Å². The number of hydrogen-bond donors (Lipinski definition) is 1. The number of rotatable bonds is 4. The van der Waals surface area contributed by atoms with E-state index in [9.17, 15) is 14.0 Å². The third-order valence-corrected chi connectivity index (χ3v) is 4.21. The molecule has 0 spiro atoms. The zero-order valence-corrected chi connectivity index (χ0v) is 16.7. The van der Waals surface area contributed by atoms with E-state index in [1.54, 1.807) is 38.3 Å². The van der Waals surface area contributed by atoms with Crippen molar-refractivity contribution >= 4 is 23.6 Å². The first-order valence-corrected chi connectivity index (χ1v) is 9.09. The topological polar surface area (TPSA) is 72.2 Å².